The van der Waals surface area contributed by atoms with E-state index in [1.165, 1.54) is 0 Å². The maximum atomic E-state index is 9.89. The third-order valence-corrected chi connectivity index (χ3v) is 1.21. The normalized spacial score (nSPS) is 13.9. The highest BCUT2D eigenvalue weighted by atomic mass is 16.3. The Morgan fingerprint density at radius 1 is 1.62 bits per heavy atom. The van der Waals surface area contributed by atoms with Crippen molar-refractivity contribution in [3.8, 4) is 0 Å². The molecule has 8 heavy (non-hydrogen) atoms. The molecule has 0 aromatic heterocycles. The van der Waals surface area contributed by atoms with Gasteiger partial charge in [-0.15, -0.1) is 0 Å². The van der Waals surface area contributed by atoms with Crippen LogP contribution in [0.3, 0.4) is 0 Å². The van der Waals surface area contributed by atoms with Gasteiger partial charge in [-0.05, 0) is 13.3 Å². The SMILES string of the molecule is CCC(C)NCC[O]. The smallest absolute Gasteiger partial charge is 0.0946 e. The van der Waals surface area contributed by atoms with Crippen LogP contribution in [-0.2, 0) is 5.11 Å². The van der Waals surface area contributed by atoms with Gasteiger partial charge in [0.1, 0.15) is 0 Å². The summed E-state index contributed by atoms with van der Waals surface area (Å²) in [5.74, 6) is 0. The monoisotopic (exact) mass is 116 g/mol. The molecule has 0 bridgehead atoms. The second-order valence-electron chi connectivity index (χ2n) is 1.97. The second-order valence-corrected chi connectivity index (χ2v) is 1.97. The highest BCUT2D eigenvalue weighted by molar-refractivity contribution is 4.54. The molecule has 2 nitrogen and oxygen atoms in total. The average molecular weight is 116 g/mol. The minimum atomic E-state index is -0.00958. The predicted molar refractivity (Wildman–Crippen MR) is 33.3 cm³/mol. The fourth-order valence-electron chi connectivity index (χ4n) is 0.450. The summed E-state index contributed by atoms with van der Waals surface area (Å²) >= 11 is 0. The quantitative estimate of drug-likeness (QED) is 0.579. The van der Waals surface area contributed by atoms with Crippen molar-refractivity contribution in [1.82, 2.24) is 5.32 Å². The van der Waals surface area contributed by atoms with E-state index in [1.807, 2.05) is 0 Å². The summed E-state index contributed by atoms with van der Waals surface area (Å²) < 4.78 is 0. The molecule has 1 atom stereocenters. The number of rotatable bonds is 4. The molecule has 0 aliphatic carbocycles. The van der Waals surface area contributed by atoms with Crippen molar-refractivity contribution in [1.29, 1.82) is 0 Å². The first kappa shape index (κ1) is 7.92. The van der Waals surface area contributed by atoms with Gasteiger partial charge < -0.3 is 5.32 Å². The van der Waals surface area contributed by atoms with Crippen LogP contribution in [-0.4, -0.2) is 19.2 Å². The van der Waals surface area contributed by atoms with E-state index >= 15 is 0 Å². The Morgan fingerprint density at radius 3 is 2.62 bits per heavy atom. The van der Waals surface area contributed by atoms with Crippen LogP contribution in [0, 0.1) is 0 Å². The van der Waals surface area contributed by atoms with Crippen LogP contribution in [0.4, 0.5) is 0 Å². The van der Waals surface area contributed by atoms with Gasteiger partial charge in [-0.3, -0.25) is 0 Å². The van der Waals surface area contributed by atoms with Gasteiger partial charge in [0, 0.05) is 12.6 Å². The van der Waals surface area contributed by atoms with Gasteiger partial charge in [-0.25, -0.2) is 5.11 Å². The number of hydrogen-bond acceptors (Lipinski definition) is 1. The molecule has 0 spiro atoms. The summed E-state index contributed by atoms with van der Waals surface area (Å²) in [6, 6.07) is 0.504. The molecule has 0 aromatic rings. The van der Waals surface area contributed by atoms with Gasteiger partial charge in [0.25, 0.3) is 0 Å². The van der Waals surface area contributed by atoms with Crippen molar-refractivity contribution in [2.75, 3.05) is 13.2 Å². The van der Waals surface area contributed by atoms with E-state index in [2.05, 4.69) is 19.2 Å². The molecular formula is C6H14NO. The summed E-state index contributed by atoms with van der Waals surface area (Å²) in [6.45, 7) is 4.78. The fraction of sp³-hybridized carbons (Fsp3) is 1.00. The summed E-state index contributed by atoms with van der Waals surface area (Å²) in [5.41, 5.74) is 0. The van der Waals surface area contributed by atoms with Gasteiger partial charge in [0.2, 0.25) is 0 Å². The standard InChI is InChI=1S/C6H14NO/c1-3-6(2)7-4-5-8/h6-7H,3-5H2,1-2H3. The van der Waals surface area contributed by atoms with Crippen LogP contribution in [0.15, 0.2) is 0 Å². The van der Waals surface area contributed by atoms with Crippen molar-refractivity contribution >= 4 is 0 Å². The van der Waals surface area contributed by atoms with Crippen LogP contribution >= 0.6 is 0 Å². The minimum Gasteiger partial charge on any atom is -0.312 e. The Kier molecular flexibility index (Phi) is 5.01. The van der Waals surface area contributed by atoms with Crippen molar-refractivity contribution in [2.24, 2.45) is 0 Å². The zero-order valence-electron chi connectivity index (χ0n) is 5.61. The van der Waals surface area contributed by atoms with E-state index in [1.54, 1.807) is 0 Å². The van der Waals surface area contributed by atoms with Crippen LogP contribution in [0.25, 0.3) is 0 Å². The van der Waals surface area contributed by atoms with Gasteiger partial charge in [-0.2, -0.15) is 0 Å². The van der Waals surface area contributed by atoms with E-state index < -0.39 is 0 Å². The Labute approximate surface area is 50.9 Å². The highest BCUT2D eigenvalue weighted by Gasteiger charge is 1.93. The van der Waals surface area contributed by atoms with Gasteiger partial charge >= 0.3 is 0 Å². The molecule has 0 saturated heterocycles. The zero-order chi connectivity index (χ0) is 6.41. The van der Waals surface area contributed by atoms with Crippen LogP contribution < -0.4 is 5.32 Å². The first-order valence-electron chi connectivity index (χ1n) is 3.12. The molecule has 0 fully saturated rings. The minimum absolute atomic E-state index is 0.00958. The first-order chi connectivity index (χ1) is 3.81. The molecule has 49 valence electrons. The average Bonchev–Trinajstić information content (AvgIpc) is 1.83. The Bertz CT molecular complexity index is 47.8. The van der Waals surface area contributed by atoms with Crippen molar-refractivity contribution in [3.63, 3.8) is 0 Å². The van der Waals surface area contributed by atoms with E-state index in [0.717, 1.165) is 6.42 Å². The van der Waals surface area contributed by atoms with Crippen LogP contribution in [0.2, 0.25) is 0 Å². The number of hydrogen-bond donors (Lipinski definition) is 1. The molecule has 1 N–H and O–H groups in total. The highest BCUT2D eigenvalue weighted by Crippen LogP contribution is 1.84. The Balaban J connectivity index is 2.86. The second kappa shape index (κ2) is 5.06. The van der Waals surface area contributed by atoms with E-state index in [4.69, 9.17) is 0 Å². The maximum Gasteiger partial charge on any atom is 0.0946 e. The lowest BCUT2D eigenvalue weighted by Crippen LogP contribution is -2.27. The molecule has 0 aromatic carbocycles. The molecule has 1 radical (unpaired) electrons. The van der Waals surface area contributed by atoms with Gasteiger partial charge in [0.15, 0.2) is 0 Å². The summed E-state index contributed by atoms with van der Waals surface area (Å²) in [7, 11) is 0. The Morgan fingerprint density at radius 2 is 2.25 bits per heavy atom. The summed E-state index contributed by atoms with van der Waals surface area (Å²) in [4.78, 5) is 0. The fourth-order valence-corrected chi connectivity index (χ4v) is 0.450. The van der Waals surface area contributed by atoms with Crippen LogP contribution in [0.5, 0.6) is 0 Å². The molecule has 0 aliphatic rings. The largest absolute Gasteiger partial charge is 0.312 e. The molecule has 0 amide bonds. The lowest BCUT2D eigenvalue weighted by Gasteiger charge is -2.07. The molecule has 1 unspecified atom stereocenters. The maximum absolute atomic E-state index is 9.89. The number of nitrogens with one attached hydrogen (secondary N) is 1. The molecule has 0 rings (SSSR count). The molecule has 2 heteroatoms. The van der Waals surface area contributed by atoms with E-state index in [0.29, 0.717) is 12.6 Å². The van der Waals surface area contributed by atoms with Crippen molar-refractivity contribution in [2.45, 2.75) is 26.3 Å². The van der Waals surface area contributed by atoms with Gasteiger partial charge in [-0.1, -0.05) is 6.92 Å². The van der Waals surface area contributed by atoms with Crippen LogP contribution in [0.1, 0.15) is 20.3 Å². The molecule has 0 saturated carbocycles. The lowest BCUT2D eigenvalue weighted by atomic mass is 10.3. The summed E-state index contributed by atoms with van der Waals surface area (Å²) in [5, 5.41) is 13.0. The van der Waals surface area contributed by atoms with Crippen molar-refractivity contribution in [3.05, 3.63) is 0 Å². The third-order valence-electron chi connectivity index (χ3n) is 1.21. The molecule has 0 heterocycles. The predicted octanol–water partition coefficient (Wildman–Crippen LogP) is 0.805. The van der Waals surface area contributed by atoms with E-state index in [-0.39, 0.29) is 6.61 Å². The molecule has 0 aliphatic heterocycles. The topological polar surface area (TPSA) is 31.9 Å². The van der Waals surface area contributed by atoms with E-state index in [9.17, 15) is 5.11 Å². The van der Waals surface area contributed by atoms with Gasteiger partial charge in [0.05, 0.1) is 6.61 Å². The molecular weight excluding hydrogens is 102 g/mol. The summed E-state index contributed by atoms with van der Waals surface area (Å²) in [6.07, 6.45) is 1.10. The lowest BCUT2D eigenvalue weighted by molar-refractivity contribution is 0.190. The Hall–Kier alpha value is -0.0800. The first-order valence-corrected chi connectivity index (χ1v) is 3.12. The zero-order valence-corrected chi connectivity index (χ0v) is 5.61. The third kappa shape index (κ3) is 4.09. The van der Waals surface area contributed by atoms with Crippen molar-refractivity contribution < 1.29 is 5.11 Å².